The Hall–Kier alpha value is -3.16. The molecule has 0 bridgehead atoms. The molecule has 8 nitrogen and oxygen atoms in total. The van der Waals surface area contributed by atoms with Gasteiger partial charge in [-0.15, -0.1) is 0 Å². The first-order chi connectivity index (χ1) is 13.2. The van der Waals surface area contributed by atoms with E-state index in [1.54, 1.807) is 20.8 Å². The highest BCUT2D eigenvalue weighted by Gasteiger charge is 2.43. The second-order valence-corrected chi connectivity index (χ2v) is 7.25. The van der Waals surface area contributed by atoms with Gasteiger partial charge in [0.25, 0.3) is 5.91 Å². The number of hydrogen-bond donors (Lipinski definition) is 2. The molecule has 28 heavy (non-hydrogen) atoms. The molecule has 0 saturated carbocycles. The van der Waals surface area contributed by atoms with E-state index in [0.717, 1.165) is 27.9 Å². The number of amides is 4. The van der Waals surface area contributed by atoms with Crippen molar-refractivity contribution in [3.63, 3.8) is 0 Å². The first-order valence-electron chi connectivity index (χ1n) is 9.22. The third-order valence-electron chi connectivity index (χ3n) is 4.74. The molecule has 0 atom stereocenters. The summed E-state index contributed by atoms with van der Waals surface area (Å²) in [6.45, 7) is 7.04. The summed E-state index contributed by atoms with van der Waals surface area (Å²) in [7, 11) is 0. The monoisotopic (exact) mass is 384 g/mol. The quantitative estimate of drug-likeness (QED) is 0.454. The van der Waals surface area contributed by atoms with Gasteiger partial charge < -0.3 is 9.73 Å². The number of nitrogens with zero attached hydrogens (tertiary/aromatic N) is 2. The van der Waals surface area contributed by atoms with E-state index in [9.17, 15) is 14.4 Å². The van der Waals surface area contributed by atoms with Crippen LogP contribution in [0.25, 0.3) is 11.0 Å². The Bertz CT molecular complexity index is 974. The summed E-state index contributed by atoms with van der Waals surface area (Å²) in [5, 5.41) is 7.74. The maximum absolute atomic E-state index is 12.1. The Labute approximate surface area is 162 Å². The second kappa shape index (κ2) is 7.46. The van der Waals surface area contributed by atoms with Gasteiger partial charge in [0.15, 0.2) is 5.76 Å². The summed E-state index contributed by atoms with van der Waals surface area (Å²) in [4.78, 5) is 37.1. The molecule has 1 aliphatic rings. The van der Waals surface area contributed by atoms with E-state index < -0.39 is 11.6 Å². The molecule has 1 aromatic carbocycles. The highest BCUT2D eigenvalue weighted by atomic mass is 16.3. The Morgan fingerprint density at radius 1 is 1.29 bits per heavy atom. The first-order valence-corrected chi connectivity index (χ1v) is 9.22. The zero-order chi connectivity index (χ0) is 20.5. The van der Waals surface area contributed by atoms with Crippen molar-refractivity contribution in [3.8, 4) is 0 Å². The van der Waals surface area contributed by atoms with Crippen molar-refractivity contribution in [2.24, 2.45) is 5.10 Å². The lowest BCUT2D eigenvalue weighted by molar-refractivity contribution is -0.130. The highest BCUT2D eigenvalue weighted by molar-refractivity contribution is 6.06. The van der Waals surface area contributed by atoms with Crippen LogP contribution < -0.4 is 10.7 Å². The van der Waals surface area contributed by atoms with Gasteiger partial charge in [0, 0.05) is 23.9 Å². The van der Waals surface area contributed by atoms with E-state index >= 15 is 0 Å². The smallest absolute Gasteiger partial charge is 0.325 e. The van der Waals surface area contributed by atoms with Gasteiger partial charge in [-0.25, -0.2) is 10.2 Å². The number of nitrogens with one attached hydrogen (secondary N) is 2. The van der Waals surface area contributed by atoms with Crippen molar-refractivity contribution in [3.05, 3.63) is 35.6 Å². The van der Waals surface area contributed by atoms with Gasteiger partial charge in [-0.2, -0.15) is 5.10 Å². The minimum absolute atomic E-state index is 0.000649. The average molecular weight is 384 g/mol. The van der Waals surface area contributed by atoms with Gasteiger partial charge in [-0.05, 0) is 33.3 Å². The normalized spacial score (nSPS) is 16.6. The van der Waals surface area contributed by atoms with Crippen molar-refractivity contribution in [1.82, 2.24) is 15.6 Å². The second-order valence-electron chi connectivity index (χ2n) is 7.25. The van der Waals surface area contributed by atoms with E-state index in [2.05, 4.69) is 15.8 Å². The lowest BCUT2D eigenvalue weighted by Gasteiger charge is -2.15. The number of para-hydroxylation sites is 1. The third kappa shape index (κ3) is 3.62. The zero-order valence-corrected chi connectivity index (χ0v) is 16.5. The predicted molar refractivity (Wildman–Crippen MR) is 105 cm³/mol. The number of furan rings is 1. The van der Waals surface area contributed by atoms with Crippen molar-refractivity contribution >= 4 is 34.5 Å². The van der Waals surface area contributed by atoms with Gasteiger partial charge in [-0.1, -0.05) is 25.1 Å². The number of hydrogen-bond acceptors (Lipinski definition) is 5. The number of rotatable bonds is 6. The molecule has 8 heteroatoms. The molecule has 1 aliphatic heterocycles. The summed E-state index contributed by atoms with van der Waals surface area (Å²) in [6, 6.07) is 7.25. The van der Waals surface area contributed by atoms with Gasteiger partial charge >= 0.3 is 6.03 Å². The van der Waals surface area contributed by atoms with Crippen LogP contribution in [0.15, 0.2) is 33.8 Å². The number of hydrazone groups is 1. The molecule has 2 N–H and O–H groups in total. The number of urea groups is 1. The summed E-state index contributed by atoms with van der Waals surface area (Å²) in [5.74, 6) is -0.0986. The van der Waals surface area contributed by atoms with Gasteiger partial charge in [0.2, 0.25) is 5.91 Å². The van der Waals surface area contributed by atoms with Crippen molar-refractivity contribution in [2.75, 3.05) is 6.54 Å². The molecule has 2 heterocycles. The Kier molecular flexibility index (Phi) is 5.22. The zero-order valence-electron chi connectivity index (χ0n) is 16.5. The molecular weight excluding hydrogens is 360 g/mol. The number of carbonyl (C=O) groups excluding carboxylic acids is 3. The molecule has 148 valence electrons. The van der Waals surface area contributed by atoms with E-state index in [1.807, 2.05) is 31.2 Å². The van der Waals surface area contributed by atoms with Crippen LogP contribution in [0.5, 0.6) is 0 Å². The van der Waals surface area contributed by atoms with Gasteiger partial charge in [0.1, 0.15) is 16.8 Å². The highest BCUT2D eigenvalue weighted by Crippen LogP contribution is 2.26. The molecule has 1 saturated heterocycles. The molecule has 1 aromatic heterocycles. The summed E-state index contributed by atoms with van der Waals surface area (Å²) in [6.07, 6.45) is 0.738. The lowest BCUT2D eigenvalue weighted by atomic mass is 10.1. The molecule has 0 radical (unpaired) electrons. The first kappa shape index (κ1) is 19.6. The minimum Gasteiger partial charge on any atom is -0.454 e. The fraction of sp³-hybridized carbons (Fsp3) is 0.400. The van der Waals surface area contributed by atoms with Crippen LogP contribution in [0.1, 0.15) is 45.4 Å². The van der Waals surface area contributed by atoms with Crippen LogP contribution in [0.4, 0.5) is 4.79 Å². The summed E-state index contributed by atoms with van der Waals surface area (Å²) in [5.41, 5.74) is 3.89. The van der Waals surface area contributed by atoms with Crippen LogP contribution in [0.3, 0.4) is 0 Å². The average Bonchev–Trinajstić information content (AvgIpc) is 3.12. The third-order valence-corrected chi connectivity index (χ3v) is 4.74. The van der Waals surface area contributed by atoms with E-state index in [1.165, 1.54) is 0 Å². The van der Waals surface area contributed by atoms with Crippen LogP contribution in [0, 0.1) is 0 Å². The van der Waals surface area contributed by atoms with E-state index in [4.69, 9.17) is 4.42 Å². The number of aryl methyl sites for hydroxylation is 1. The number of carbonyl (C=O) groups is 3. The molecule has 0 spiro atoms. The topological polar surface area (TPSA) is 104 Å². The maximum atomic E-state index is 12.1. The van der Waals surface area contributed by atoms with Gasteiger partial charge in [-0.3, -0.25) is 14.5 Å². The SMILES string of the molecule is CCc1c(/C(C)=N\NC(=O)CCN2C(=O)NC(C)(C)C2=O)oc2ccccc12. The summed E-state index contributed by atoms with van der Waals surface area (Å²) >= 11 is 0. The Morgan fingerprint density at radius 2 is 2.00 bits per heavy atom. The van der Waals surface area contributed by atoms with Crippen LogP contribution >= 0.6 is 0 Å². The molecule has 4 amide bonds. The molecular formula is C20H24N4O4. The molecule has 2 aromatic rings. The molecule has 0 unspecified atom stereocenters. The fourth-order valence-corrected chi connectivity index (χ4v) is 3.23. The van der Waals surface area contributed by atoms with Crippen LogP contribution in [-0.2, 0) is 16.0 Å². The molecule has 0 aliphatic carbocycles. The maximum Gasteiger partial charge on any atom is 0.325 e. The Morgan fingerprint density at radius 3 is 2.64 bits per heavy atom. The van der Waals surface area contributed by atoms with E-state index in [0.29, 0.717) is 11.5 Å². The lowest BCUT2D eigenvalue weighted by Crippen LogP contribution is -2.40. The van der Waals surface area contributed by atoms with E-state index in [-0.39, 0.29) is 24.8 Å². The fourth-order valence-electron chi connectivity index (χ4n) is 3.23. The Balaban J connectivity index is 1.65. The largest absolute Gasteiger partial charge is 0.454 e. The molecule has 3 rings (SSSR count). The van der Waals surface area contributed by atoms with Gasteiger partial charge in [0.05, 0.1) is 0 Å². The summed E-state index contributed by atoms with van der Waals surface area (Å²) < 4.78 is 5.89. The number of imide groups is 1. The minimum atomic E-state index is -0.944. The van der Waals surface area contributed by atoms with Crippen LogP contribution in [0.2, 0.25) is 0 Å². The number of fused-ring (bicyclic) bond motifs is 1. The van der Waals surface area contributed by atoms with Crippen molar-refractivity contribution < 1.29 is 18.8 Å². The van der Waals surface area contributed by atoms with Crippen molar-refractivity contribution in [2.45, 2.75) is 46.1 Å². The van der Waals surface area contributed by atoms with Crippen LogP contribution in [-0.4, -0.2) is 40.5 Å². The number of benzene rings is 1. The standard InChI is InChI=1S/C20H24N4O4/c1-5-13-14-8-6-7-9-15(14)28-17(13)12(2)22-23-16(25)10-11-24-18(26)20(3,4)21-19(24)27/h6-9H,5,10-11H2,1-4H3,(H,21,27)(H,23,25)/b22-12-. The predicted octanol–water partition coefficient (Wildman–Crippen LogP) is 2.56. The molecule has 1 fully saturated rings. The van der Waals surface area contributed by atoms with Crippen molar-refractivity contribution in [1.29, 1.82) is 0 Å².